The van der Waals surface area contributed by atoms with E-state index in [1.54, 1.807) is 0 Å². The zero-order valence-corrected chi connectivity index (χ0v) is 14.1. The van der Waals surface area contributed by atoms with Crippen LogP contribution < -0.4 is 17.1 Å². The van der Waals surface area contributed by atoms with Crippen molar-refractivity contribution in [1.82, 2.24) is 4.90 Å². The predicted octanol–water partition coefficient (Wildman–Crippen LogP) is -0.221. The lowest BCUT2D eigenvalue weighted by molar-refractivity contribution is -0.00000662. The van der Waals surface area contributed by atoms with Crippen molar-refractivity contribution >= 4 is 0 Å². The molecule has 1 N–H and O–H groups in total. The molecule has 0 bridgehead atoms. The zero-order chi connectivity index (χ0) is 14.5. The first kappa shape index (κ1) is 18.3. The lowest BCUT2D eigenvalue weighted by Gasteiger charge is -2.31. The maximum Gasteiger partial charge on any atom is 0.122 e. The molecule has 1 aromatic rings. The highest BCUT2D eigenvalue weighted by atomic mass is 35.5. The molecule has 1 aliphatic heterocycles. The third kappa shape index (κ3) is 5.85. The van der Waals surface area contributed by atoms with E-state index < -0.39 is 6.10 Å². The second kappa shape index (κ2) is 8.62. The highest BCUT2D eigenvalue weighted by Crippen LogP contribution is 2.20. The number of piperidine rings is 1. The molecule has 120 valence electrons. The first-order valence-electron chi connectivity index (χ1n) is 7.65. The van der Waals surface area contributed by atoms with Gasteiger partial charge in [0, 0.05) is 6.54 Å². The van der Waals surface area contributed by atoms with E-state index in [0.717, 1.165) is 36.9 Å². The van der Waals surface area contributed by atoms with E-state index in [2.05, 4.69) is 30.9 Å². The van der Waals surface area contributed by atoms with Crippen LogP contribution in [-0.2, 0) is 0 Å². The minimum Gasteiger partial charge on any atom is -1.00 e. The number of aliphatic hydroxyl groups excluding tert-OH is 1. The second-order valence-corrected chi connectivity index (χ2v) is 6.22. The summed E-state index contributed by atoms with van der Waals surface area (Å²) in [5.74, 6) is 1.71. The summed E-state index contributed by atoms with van der Waals surface area (Å²) in [6.07, 6.45) is 2.07. The lowest BCUT2D eigenvalue weighted by Crippen LogP contribution is -3.00. The number of halogens is 1. The monoisotopic (exact) mass is 312 g/mol. The number of hydrogen-bond donors (Lipinski definition) is 1. The first-order chi connectivity index (χ1) is 9.54. The fraction of sp³-hybridized carbons (Fsp3) is 0.647. The van der Waals surface area contributed by atoms with E-state index in [9.17, 15) is 5.11 Å². The average Bonchev–Trinajstić information content (AvgIpc) is 2.42. The predicted molar refractivity (Wildman–Crippen MR) is 82.3 cm³/mol. The van der Waals surface area contributed by atoms with E-state index >= 15 is 0 Å². The smallest absolute Gasteiger partial charge is 0.122 e. The molecule has 0 saturated carbocycles. The van der Waals surface area contributed by atoms with Crippen molar-refractivity contribution in [2.75, 3.05) is 26.2 Å². The Hall–Kier alpha value is -0.770. The molecule has 4 heteroatoms. The second-order valence-electron chi connectivity index (χ2n) is 6.22. The molecule has 1 atom stereocenters. The van der Waals surface area contributed by atoms with Gasteiger partial charge in [-0.2, -0.15) is 0 Å². The van der Waals surface area contributed by atoms with Crippen LogP contribution in [0, 0.1) is 19.8 Å². The molecule has 0 aliphatic carbocycles. The highest BCUT2D eigenvalue weighted by Gasteiger charge is 2.18. The van der Waals surface area contributed by atoms with Crippen molar-refractivity contribution in [3.63, 3.8) is 0 Å². The standard InChI is InChI=1S/C17H27NO2.ClH/c1-13-6-8-18(9-7-13)11-16(19)12-20-17-10-14(2)4-5-15(17)3;/h4-5,10,13,16,19H,6-9,11-12H2,1-3H3;1H/p-1. The largest absolute Gasteiger partial charge is 1.00 e. The Balaban J connectivity index is 0.00000220. The summed E-state index contributed by atoms with van der Waals surface area (Å²) in [6, 6.07) is 6.17. The Labute approximate surface area is 134 Å². The molecular formula is C17H27ClNO2-. The Bertz CT molecular complexity index is 431. The van der Waals surface area contributed by atoms with Gasteiger partial charge in [0.25, 0.3) is 0 Å². The van der Waals surface area contributed by atoms with Gasteiger partial charge in [-0.15, -0.1) is 0 Å². The van der Waals surface area contributed by atoms with E-state index in [0.29, 0.717) is 6.61 Å². The van der Waals surface area contributed by atoms with Crippen molar-refractivity contribution in [2.45, 2.75) is 39.7 Å². The summed E-state index contributed by atoms with van der Waals surface area (Å²) in [5, 5.41) is 10.1. The van der Waals surface area contributed by atoms with Gasteiger partial charge in [0.05, 0.1) is 0 Å². The van der Waals surface area contributed by atoms with E-state index in [1.165, 1.54) is 18.4 Å². The highest BCUT2D eigenvalue weighted by molar-refractivity contribution is 5.35. The van der Waals surface area contributed by atoms with Crippen molar-refractivity contribution in [3.05, 3.63) is 29.3 Å². The minimum absolute atomic E-state index is 0. The van der Waals surface area contributed by atoms with Gasteiger partial charge in [0.15, 0.2) is 0 Å². The number of likely N-dealkylation sites (tertiary alicyclic amines) is 1. The van der Waals surface area contributed by atoms with Gasteiger partial charge in [-0.05, 0) is 62.9 Å². The number of benzene rings is 1. The number of aryl methyl sites for hydroxylation is 2. The number of aliphatic hydroxyl groups is 1. The molecule has 1 aromatic carbocycles. The molecule has 0 amide bonds. The van der Waals surface area contributed by atoms with E-state index in [1.807, 2.05) is 13.0 Å². The Morgan fingerprint density at radius 1 is 1.29 bits per heavy atom. The maximum atomic E-state index is 10.1. The lowest BCUT2D eigenvalue weighted by atomic mass is 9.99. The number of ether oxygens (including phenoxy) is 1. The fourth-order valence-electron chi connectivity index (χ4n) is 2.64. The molecule has 1 saturated heterocycles. The molecule has 1 heterocycles. The van der Waals surface area contributed by atoms with Gasteiger partial charge in [-0.3, -0.25) is 0 Å². The molecule has 0 radical (unpaired) electrons. The van der Waals surface area contributed by atoms with E-state index in [4.69, 9.17) is 4.74 Å². The molecule has 21 heavy (non-hydrogen) atoms. The first-order valence-corrected chi connectivity index (χ1v) is 7.65. The fourth-order valence-corrected chi connectivity index (χ4v) is 2.64. The maximum absolute atomic E-state index is 10.1. The van der Waals surface area contributed by atoms with Crippen LogP contribution in [0.3, 0.4) is 0 Å². The van der Waals surface area contributed by atoms with Gasteiger partial charge >= 0.3 is 0 Å². The molecule has 0 spiro atoms. The summed E-state index contributed by atoms with van der Waals surface area (Å²) in [4.78, 5) is 2.34. The molecule has 3 nitrogen and oxygen atoms in total. The van der Waals surface area contributed by atoms with Gasteiger partial charge in [-0.25, -0.2) is 0 Å². The third-order valence-electron chi connectivity index (χ3n) is 4.12. The van der Waals surface area contributed by atoms with Crippen LogP contribution in [0.2, 0.25) is 0 Å². The van der Waals surface area contributed by atoms with Crippen LogP contribution in [-0.4, -0.2) is 42.4 Å². The summed E-state index contributed by atoms with van der Waals surface area (Å²) in [5.41, 5.74) is 2.31. The van der Waals surface area contributed by atoms with Crippen LogP contribution in [0.15, 0.2) is 18.2 Å². The third-order valence-corrected chi connectivity index (χ3v) is 4.12. The Kier molecular flexibility index (Phi) is 7.50. The Morgan fingerprint density at radius 2 is 1.95 bits per heavy atom. The molecule has 0 aromatic heterocycles. The summed E-state index contributed by atoms with van der Waals surface area (Å²) in [6.45, 7) is 9.68. The Morgan fingerprint density at radius 3 is 2.62 bits per heavy atom. The summed E-state index contributed by atoms with van der Waals surface area (Å²) >= 11 is 0. The van der Waals surface area contributed by atoms with Gasteiger partial charge < -0.3 is 27.2 Å². The minimum atomic E-state index is -0.414. The molecular weight excluding hydrogens is 286 g/mol. The number of nitrogens with zero attached hydrogens (tertiary/aromatic N) is 1. The molecule has 1 aliphatic rings. The van der Waals surface area contributed by atoms with Gasteiger partial charge in [0.1, 0.15) is 18.5 Å². The average molecular weight is 313 g/mol. The van der Waals surface area contributed by atoms with Crippen LogP contribution in [0.4, 0.5) is 0 Å². The summed E-state index contributed by atoms with van der Waals surface area (Å²) in [7, 11) is 0. The van der Waals surface area contributed by atoms with Crippen molar-refractivity contribution in [2.24, 2.45) is 5.92 Å². The topological polar surface area (TPSA) is 32.7 Å². The zero-order valence-electron chi connectivity index (χ0n) is 13.3. The SMILES string of the molecule is Cc1ccc(C)c(OCC(O)CN2CCC(C)CC2)c1.[Cl-]. The quantitative estimate of drug-likeness (QED) is 0.816. The number of hydrogen-bond acceptors (Lipinski definition) is 3. The molecule has 1 unspecified atom stereocenters. The number of rotatable bonds is 5. The summed E-state index contributed by atoms with van der Waals surface area (Å²) < 4.78 is 5.77. The van der Waals surface area contributed by atoms with E-state index in [-0.39, 0.29) is 12.4 Å². The number of β-amino-alcohol motifs (C(OH)–C–C–N with tert-alkyl or cyclic N) is 1. The van der Waals surface area contributed by atoms with Gasteiger partial charge in [-0.1, -0.05) is 19.1 Å². The van der Waals surface area contributed by atoms with Crippen LogP contribution >= 0.6 is 0 Å². The van der Waals surface area contributed by atoms with Gasteiger partial charge in [0.2, 0.25) is 0 Å². The van der Waals surface area contributed by atoms with Crippen molar-refractivity contribution < 1.29 is 22.3 Å². The van der Waals surface area contributed by atoms with Crippen LogP contribution in [0.1, 0.15) is 30.9 Å². The molecule has 2 rings (SSSR count). The van der Waals surface area contributed by atoms with Crippen molar-refractivity contribution in [1.29, 1.82) is 0 Å². The normalized spacial score (nSPS) is 18.1. The van der Waals surface area contributed by atoms with Crippen LogP contribution in [0.5, 0.6) is 5.75 Å². The van der Waals surface area contributed by atoms with Crippen molar-refractivity contribution in [3.8, 4) is 5.75 Å². The molecule has 1 fully saturated rings. The van der Waals surface area contributed by atoms with Crippen LogP contribution in [0.25, 0.3) is 0 Å².